The van der Waals surface area contributed by atoms with Crippen LogP contribution < -0.4 is 11.1 Å². The number of halogens is 2. The number of nitrogens with zero attached hydrogens (tertiary/aromatic N) is 3. The lowest BCUT2D eigenvalue weighted by atomic mass is 9.85. The predicted octanol–water partition coefficient (Wildman–Crippen LogP) is 3.00. The van der Waals surface area contributed by atoms with Gasteiger partial charge in [-0.1, -0.05) is 12.5 Å². The first kappa shape index (κ1) is 23.0. The molecule has 0 radical (unpaired) electrons. The maximum atomic E-state index is 12.7. The summed E-state index contributed by atoms with van der Waals surface area (Å²) < 4.78 is 1.96. The lowest BCUT2D eigenvalue weighted by Gasteiger charge is -2.27. The monoisotopic (exact) mass is 419 g/mol. The Labute approximate surface area is 170 Å². The Kier molecular flexibility index (Phi) is 9.71. The van der Waals surface area contributed by atoms with Gasteiger partial charge in [0.05, 0.1) is 6.04 Å². The summed E-state index contributed by atoms with van der Waals surface area (Å²) in [7, 11) is 0. The standard InChI is InChI=1S/C17H25N5OS.2ClH/c1-24-10-8-14(16-21-20-15-7-2-3-9-22(15)16)19-17(23)12-5-4-6-13(18)11-12;;/h2-3,7,9,12-14H,4-6,8,10-11,18H2,1H3,(H,19,23);2*1H. The molecule has 2 heterocycles. The van der Waals surface area contributed by atoms with Crippen LogP contribution in [0.4, 0.5) is 0 Å². The van der Waals surface area contributed by atoms with E-state index in [0.29, 0.717) is 0 Å². The number of thioether (sulfide) groups is 1. The number of hydrogen-bond acceptors (Lipinski definition) is 5. The van der Waals surface area contributed by atoms with E-state index in [4.69, 9.17) is 5.73 Å². The average Bonchev–Trinajstić information content (AvgIpc) is 3.02. The Balaban J connectivity index is 0.00000169. The molecule has 0 aromatic carbocycles. The largest absolute Gasteiger partial charge is 0.346 e. The first-order chi connectivity index (χ1) is 11.7. The van der Waals surface area contributed by atoms with Gasteiger partial charge in [0.2, 0.25) is 5.91 Å². The predicted molar refractivity (Wildman–Crippen MR) is 111 cm³/mol. The van der Waals surface area contributed by atoms with Crippen molar-refractivity contribution in [3.05, 3.63) is 30.2 Å². The van der Waals surface area contributed by atoms with Crippen molar-refractivity contribution in [1.29, 1.82) is 0 Å². The van der Waals surface area contributed by atoms with E-state index >= 15 is 0 Å². The number of amides is 1. The molecule has 1 fully saturated rings. The molecule has 2 aromatic rings. The number of pyridine rings is 1. The Hall–Kier alpha value is -1.02. The van der Waals surface area contributed by atoms with E-state index in [9.17, 15) is 4.79 Å². The maximum Gasteiger partial charge on any atom is 0.223 e. The van der Waals surface area contributed by atoms with Gasteiger partial charge in [-0.3, -0.25) is 9.20 Å². The molecule has 1 amide bonds. The first-order valence-electron chi connectivity index (χ1n) is 8.53. The highest BCUT2D eigenvalue weighted by Gasteiger charge is 2.28. The average molecular weight is 420 g/mol. The molecule has 6 nitrogen and oxygen atoms in total. The normalized spacial score (nSPS) is 20.7. The minimum absolute atomic E-state index is 0. The van der Waals surface area contributed by atoms with Crippen molar-refractivity contribution in [2.24, 2.45) is 11.7 Å². The number of aromatic nitrogens is 3. The molecule has 0 saturated heterocycles. The molecular weight excluding hydrogens is 393 g/mol. The van der Waals surface area contributed by atoms with E-state index in [1.165, 1.54) is 0 Å². The summed E-state index contributed by atoms with van der Waals surface area (Å²) in [5.41, 5.74) is 6.83. The highest BCUT2D eigenvalue weighted by molar-refractivity contribution is 7.98. The van der Waals surface area contributed by atoms with Crippen LogP contribution in [0, 0.1) is 5.92 Å². The maximum absolute atomic E-state index is 12.7. The molecule has 0 bridgehead atoms. The summed E-state index contributed by atoms with van der Waals surface area (Å²) >= 11 is 1.77. The SMILES string of the molecule is CSCCC(NC(=O)C1CCCC(N)C1)c1nnc2ccccn12.Cl.Cl. The van der Waals surface area contributed by atoms with Crippen molar-refractivity contribution >= 4 is 48.1 Å². The fraction of sp³-hybridized carbons (Fsp3) is 0.588. The van der Waals surface area contributed by atoms with Gasteiger partial charge in [-0.2, -0.15) is 11.8 Å². The summed E-state index contributed by atoms with van der Waals surface area (Å²) in [6, 6.07) is 5.83. The van der Waals surface area contributed by atoms with Crippen LogP contribution in [0.3, 0.4) is 0 Å². The number of nitrogens with two attached hydrogens (primary N) is 1. The smallest absolute Gasteiger partial charge is 0.223 e. The van der Waals surface area contributed by atoms with Crippen molar-refractivity contribution in [3.63, 3.8) is 0 Å². The van der Waals surface area contributed by atoms with Gasteiger partial charge >= 0.3 is 0 Å². The van der Waals surface area contributed by atoms with Gasteiger partial charge in [0.15, 0.2) is 11.5 Å². The molecule has 1 saturated carbocycles. The zero-order valence-electron chi connectivity index (χ0n) is 14.8. The molecule has 2 aromatic heterocycles. The molecule has 3 atom stereocenters. The summed E-state index contributed by atoms with van der Waals surface area (Å²) in [5.74, 6) is 1.87. The number of fused-ring (bicyclic) bond motifs is 1. The summed E-state index contributed by atoms with van der Waals surface area (Å²) in [4.78, 5) is 12.7. The third kappa shape index (κ3) is 5.49. The molecule has 3 unspecified atom stereocenters. The second kappa shape index (κ2) is 11.0. The van der Waals surface area contributed by atoms with Gasteiger partial charge in [0.1, 0.15) is 0 Å². The van der Waals surface area contributed by atoms with Gasteiger partial charge in [0.25, 0.3) is 0 Å². The van der Waals surface area contributed by atoms with Crippen molar-refractivity contribution in [2.45, 2.75) is 44.2 Å². The number of carbonyl (C=O) groups is 1. The van der Waals surface area contributed by atoms with Crippen LogP contribution in [0.2, 0.25) is 0 Å². The fourth-order valence-electron chi connectivity index (χ4n) is 3.35. The number of carbonyl (C=O) groups excluding carboxylic acids is 1. The van der Waals surface area contributed by atoms with Crippen LogP contribution in [0.15, 0.2) is 24.4 Å². The second-order valence-corrected chi connectivity index (χ2v) is 7.44. The van der Waals surface area contributed by atoms with Gasteiger partial charge < -0.3 is 11.1 Å². The summed E-state index contributed by atoms with van der Waals surface area (Å²) in [6.45, 7) is 0. The van der Waals surface area contributed by atoms with E-state index in [1.807, 2.05) is 28.8 Å². The quantitative estimate of drug-likeness (QED) is 0.751. The molecule has 1 aliphatic carbocycles. The molecular formula is C17H27Cl2N5OS. The fourth-order valence-corrected chi connectivity index (χ4v) is 3.83. The van der Waals surface area contributed by atoms with Crippen molar-refractivity contribution in [1.82, 2.24) is 19.9 Å². The molecule has 9 heteroatoms. The molecule has 3 N–H and O–H groups in total. The van der Waals surface area contributed by atoms with E-state index < -0.39 is 0 Å². The van der Waals surface area contributed by atoms with Crippen LogP contribution in [0.5, 0.6) is 0 Å². The van der Waals surface area contributed by atoms with E-state index in [1.54, 1.807) is 11.8 Å². The number of nitrogens with one attached hydrogen (secondary N) is 1. The lowest BCUT2D eigenvalue weighted by molar-refractivity contribution is -0.127. The Morgan fingerprint density at radius 1 is 1.38 bits per heavy atom. The van der Waals surface area contributed by atoms with Gasteiger partial charge in [-0.05, 0) is 49.8 Å². The highest BCUT2D eigenvalue weighted by atomic mass is 35.5. The molecule has 146 valence electrons. The third-order valence-electron chi connectivity index (χ3n) is 4.66. The van der Waals surface area contributed by atoms with Gasteiger partial charge in [-0.15, -0.1) is 35.0 Å². The van der Waals surface area contributed by atoms with Gasteiger partial charge in [0, 0.05) is 18.2 Å². The van der Waals surface area contributed by atoms with Crippen LogP contribution in [0.25, 0.3) is 5.65 Å². The van der Waals surface area contributed by atoms with Crippen molar-refractivity contribution < 1.29 is 4.79 Å². The van der Waals surface area contributed by atoms with Crippen molar-refractivity contribution in [2.75, 3.05) is 12.0 Å². The minimum Gasteiger partial charge on any atom is -0.346 e. The van der Waals surface area contributed by atoms with Crippen LogP contribution in [0.1, 0.15) is 44.0 Å². The van der Waals surface area contributed by atoms with E-state index in [2.05, 4.69) is 21.8 Å². The van der Waals surface area contributed by atoms with Crippen LogP contribution in [-0.4, -0.2) is 38.6 Å². The Morgan fingerprint density at radius 2 is 2.19 bits per heavy atom. The molecule has 0 spiro atoms. The van der Waals surface area contributed by atoms with Gasteiger partial charge in [-0.25, -0.2) is 0 Å². The third-order valence-corrected chi connectivity index (χ3v) is 5.31. The first-order valence-corrected chi connectivity index (χ1v) is 9.93. The van der Waals surface area contributed by atoms with Crippen LogP contribution >= 0.6 is 36.6 Å². The number of rotatable bonds is 6. The molecule has 0 aliphatic heterocycles. The van der Waals surface area contributed by atoms with E-state index in [0.717, 1.165) is 49.3 Å². The zero-order chi connectivity index (χ0) is 16.9. The minimum atomic E-state index is -0.125. The lowest BCUT2D eigenvalue weighted by Crippen LogP contribution is -2.40. The molecule has 3 rings (SSSR count). The molecule has 1 aliphatic rings. The molecule has 26 heavy (non-hydrogen) atoms. The number of hydrogen-bond donors (Lipinski definition) is 2. The second-order valence-electron chi connectivity index (χ2n) is 6.45. The summed E-state index contributed by atoms with van der Waals surface area (Å²) in [5, 5.41) is 11.7. The van der Waals surface area contributed by atoms with Crippen LogP contribution in [-0.2, 0) is 4.79 Å². The Morgan fingerprint density at radius 3 is 2.92 bits per heavy atom. The van der Waals surface area contributed by atoms with E-state index in [-0.39, 0.29) is 48.7 Å². The van der Waals surface area contributed by atoms with Crippen molar-refractivity contribution in [3.8, 4) is 0 Å². The zero-order valence-corrected chi connectivity index (χ0v) is 17.3. The highest BCUT2D eigenvalue weighted by Crippen LogP contribution is 2.25. The Bertz CT molecular complexity index is 699. The summed E-state index contributed by atoms with van der Waals surface area (Å²) in [6.07, 6.45) is 8.61. The topological polar surface area (TPSA) is 85.3 Å².